The van der Waals surface area contributed by atoms with Crippen LogP contribution in [0.15, 0.2) is 97.3 Å². The Labute approximate surface area is 191 Å². The molecule has 4 aromatic rings. The molecule has 0 radical (unpaired) electrons. The van der Waals surface area contributed by atoms with Gasteiger partial charge in [-0.25, -0.2) is 0 Å². The van der Waals surface area contributed by atoms with Gasteiger partial charge in [0.2, 0.25) is 0 Å². The van der Waals surface area contributed by atoms with E-state index in [4.69, 9.17) is 23.2 Å². The van der Waals surface area contributed by atoms with Crippen LogP contribution in [0.4, 0.5) is 0 Å². The Morgan fingerprint density at radius 2 is 1.39 bits per heavy atom. The van der Waals surface area contributed by atoms with Gasteiger partial charge in [-0.1, -0.05) is 71.7 Å². The van der Waals surface area contributed by atoms with Crippen molar-refractivity contribution in [2.24, 2.45) is 0 Å². The Kier molecular flexibility index (Phi) is 6.66. The summed E-state index contributed by atoms with van der Waals surface area (Å²) in [5, 5.41) is 1.09. The molecule has 1 amide bonds. The fourth-order valence-corrected chi connectivity index (χ4v) is 4.02. The van der Waals surface area contributed by atoms with Gasteiger partial charge in [-0.2, -0.15) is 0 Å². The number of aromatic nitrogens is 1. The Hall–Kier alpha value is -3.14. The Balaban J connectivity index is 1.61. The predicted octanol–water partition coefficient (Wildman–Crippen LogP) is 6.90. The van der Waals surface area contributed by atoms with Gasteiger partial charge < -0.3 is 4.90 Å². The number of hydrogen-bond donors (Lipinski definition) is 0. The number of carbonyl (C=O) groups is 1. The second-order valence-corrected chi connectivity index (χ2v) is 8.12. The molecule has 0 bridgehead atoms. The first-order valence-corrected chi connectivity index (χ1v) is 10.6. The standard InChI is InChI=1S/C26H20Cl2N2O/c27-24-13-20(14-25(28)15-24)18-30(17-19-5-4-12-29-16-19)26(31)23-10-8-22(9-11-23)21-6-2-1-3-7-21/h1-16H,17-18H2. The highest BCUT2D eigenvalue weighted by molar-refractivity contribution is 6.34. The smallest absolute Gasteiger partial charge is 0.254 e. The van der Waals surface area contributed by atoms with Crippen LogP contribution in [0.2, 0.25) is 10.0 Å². The number of halogens is 2. The molecule has 0 N–H and O–H groups in total. The number of benzene rings is 3. The van der Waals surface area contributed by atoms with Crippen molar-refractivity contribution in [3.05, 3.63) is 124 Å². The van der Waals surface area contributed by atoms with E-state index >= 15 is 0 Å². The topological polar surface area (TPSA) is 33.2 Å². The van der Waals surface area contributed by atoms with E-state index in [1.807, 2.05) is 66.7 Å². The molecule has 154 valence electrons. The van der Waals surface area contributed by atoms with Gasteiger partial charge in [0.25, 0.3) is 5.91 Å². The normalized spacial score (nSPS) is 10.6. The Morgan fingerprint density at radius 1 is 0.742 bits per heavy atom. The lowest BCUT2D eigenvalue weighted by atomic mass is 10.0. The van der Waals surface area contributed by atoms with Crippen molar-refractivity contribution >= 4 is 29.1 Å². The van der Waals surface area contributed by atoms with Crippen molar-refractivity contribution in [3.63, 3.8) is 0 Å². The van der Waals surface area contributed by atoms with Crippen molar-refractivity contribution in [2.75, 3.05) is 0 Å². The number of nitrogens with zero attached hydrogens (tertiary/aromatic N) is 2. The van der Waals surface area contributed by atoms with Crippen LogP contribution in [0.5, 0.6) is 0 Å². The predicted molar refractivity (Wildman–Crippen MR) is 126 cm³/mol. The van der Waals surface area contributed by atoms with E-state index in [0.29, 0.717) is 28.7 Å². The second kappa shape index (κ2) is 9.78. The maximum absolute atomic E-state index is 13.4. The summed E-state index contributed by atoms with van der Waals surface area (Å²) in [7, 11) is 0. The number of rotatable bonds is 6. The summed E-state index contributed by atoms with van der Waals surface area (Å²) in [5.41, 5.74) is 4.62. The summed E-state index contributed by atoms with van der Waals surface area (Å²) in [6.07, 6.45) is 3.48. The van der Waals surface area contributed by atoms with Gasteiger partial charge in [0.1, 0.15) is 0 Å². The summed E-state index contributed by atoms with van der Waals surface area (Å²) in [4.78, 5) is 19.4. The van der Waals surface area contributed by atoms with Crippen molar-refractivity contribution < 1.29 is 4.79 Å². The molecule has 0 aliphatic carbocycles. The third-order valence-electron chi connectivity index (χ3n) is 4.92. The molecule has 0 unspecified atom stereocenters. The minimum Gasteiger partial charge on any atom is -0.330 e. The summed E-state index contributed by atoms with van der Waals surface area (Å²) in [5.74, 6) is -0.0698. The van der Waals surface area contributed by atoms with Crippen LogP contribution in [0.1, 0.15) is 21.5 Å². The largest absolute Gasteiger partial charge is 0.330 e. The van der Waals surface area contributed by atoms with E-state index in [1.54, 1.807) is 23.4 Å². The molecule has 0 spiro atoms. The van der Waals surface area contributed by atoms with Gasteiger partial charge in [0.05, 0.1) is 0 Å². The summed E-state index contributed by atoms with van der Waals surface area (Å²) >= 11 is 12.3. The molecule has 3 aromatic carbocycles. The Morgan fingerprint density at radius 3 is 2.03 bits per heavy atom. The van der Waals surface area contributed by atoms with Crippen LogP contribution in [0, 0.1) is 0 Å². The summed E-state index contributed by atoms with van der Waals surface area (Å²) < 4.78 is 0. The fraction of sp³-hybridized carbons (Fsp3) is 0.0769. The van der Waals surface area contributed by atoms with E-state index < -0.39 is 0 Å². The van der Waals surface area contributed by atoms with E-state index in [-0.39, 0.29) is 5.91 Å². The molecule has 5 heteroatoms. The zero-order chi connectivity index (χ0) is 21.6. The van der Waals surface area contributed by atoms with Crippen molar-refractivity contribution in [1.82, 2.24) is 9.88 Å². The van der Waals surface area contributed by atoms with E-state index in [9.17, 15) is 4.79 Å². The van der Waals surface area contributed by atoms with Gasteiger partial charge in [-0.15, -0.1) is 0 Å². The van der Waals surface area contributed by atoms with Crippen molar-refractivity contribution in [3.8, 4) is 11.1 Å². The second-order valence-electron chi connectivity index (χ2n) is 7.24. The molecule has 1 heterocycles. The Bertz CT molecular complexity index is 1140. The average Bonchev–Trinajstić information content (AvgIpc) is 2.79. The lowest BCUT2D eigenvalue weighted by molar-refractivity contribution is 0.0730. The summed E-state index contributed by atoms with van der Waals surface area (Å²) in [6.45, 7) is 0.811. The number of amides is 1. The fourth-order valence-electron chi connectivity index (χ4n) is 3.45. The number of pyridine rings is 1. The van der Waals surface area contributed by atoms with E-state index in [2.05, 4.69) is 17.1 Å². The minimum absolute atomic E-state index is 0.0698. The van der Waals surface area contributed by atoms with Gasteiger partial charge >= 0.3 is 0 Å². The van der Waals surface area contributed by atoms with Crippen molar-refractivity contribution in [1.29, 1.82) is 0 Å². The number of carbonyl (C=O) groups excluding carboxylic acids is 1. The zero-order valence-electron chi connectivity index (χ0n) is 16.7. The molecular weight excluding hydrogens is 427 g/mol. The average molecular weight is 447 g/mol. The molecule has 0 aliphatic heterocycles. The van der Waals surface area contributed by atoms with Gasteiger partial charge in [0.15, 0.2) is 0 Å². The lowest BCUT2D eigenvalue weighted by Crippen LogP contribution is -2.30. The molecular formula is C26H20Cl2N2O. The first-order valence-electron chi connectivity index (χ1n) is 9.87. The quantitative estimate of drug-likeness (QED) is 0.322. The third-order valence-corrected chi connectivity index (χ3v) is 5.35. The monoisotopic (exact) mass is 446 g/mol. The minimum atomic E-state index is -0.0698. The van der Waals surface area contributed by atoms with Crippen LogP contribution in [0.25, 0.3) is 11.1 Å². The van der Waals surface area contributed by atoms with Crippen molar-refractivity contribution in [2.45, 2.75) is 13.1 Å². The maximum atomic E-state index is 13.4. The molecule has 0 saturated heterocycles. The molecule has 1 aromatic heterocycles. The highest BCUT2D eigenvalue weighted by atomic mass is 35.5. The van der Waals surface area contributed by atoms with Crippen LogP contribution >= 0.6 is 23.2 Å². The molecule has 4 rings (SSSR count). The van der Waals surface area contributed by atoms with Gasteiger partial charge in [-0.3, -0.25) is 9.78 Å². The van der Waals surface area contributed by atoms with Gasteiger partial charge in [0, 0.05) is 41.1 Å². The first kappa shape index (κ1) is 21.1. The van der Waals surface area contributed by atoms with Crippen LogP contribution in [-0.4, -0.2) is 15.8 Å². The lowest BCUT2D eigenvalue weighted by Gasteiger charge is -2.23. The summed E-state index contributed by atoms with van der Waals surface area (Å²) in [6, 6.07) is 26.9. The maximum Gasteiger partial charge on any atom is 0.254 e. The zero-order valence-corrected chi connectivity index (χ0v) is 18.2. The highest BCUT2D eigenvalue weighted by Crippen LogP contribution is 2.23. The SMILES string of the molecule is O=C(c1ccc(-c2ccccc2)cc1)N(Cc1cccnc1)Cc1cc(Cl)cc(Cl)c1. The molecule has 0 atom stereocenters. The van der Waals surface area contributed by atoms with Crippen LogP contribution < -0.4 is 0 Å². The molecule has 3 nitrogen and oxygen atoms in total. The molecule has 31 heavy (non-hydrogen) atoms. The molecule has 0 saturated carbocycles. The van der Waals surface area contributed by atoms with E-state index in [0.717, 1.165) is 22.3 Å². The van der Waals surface area contributed by atoms with E-state index in [1.165, 1.54) is 0 Å². The highest BCUT2D eigenvalue weighted by Gasteiger charge is 2.18. The molecule has 0 aliphatic rings. The molecule has 0 fully saturated rings. The number of hydrogen-bond acceptors (Lipinski definition) is 2. The van der Waals surface area contributed by atoms with Crippen LogP contribution in [-0.2, 0) is 13.1 Å². The first-order chi connectivity index (χ1) is 15.1. The van der Waals surface area contributed by atoms with Gasteiger partial charge in [-0.05, 0) is 58.7 Å². The third kappa shape index (κ3) is 5.52. The van der Waals surface area contributed by atoms with Crippen LogP contribution in [0.3, 0.4) is 0 Å².